The van der Waals surface area contributed by atoms with Crippen molar-refractivity contribution in [3.8, 4) is 11.5 Å². The van der Waals surface area contributed by atoms with Crippen molar-refractivity contribution in [2.45, 2.75) is 25.6 Å². The highest BCUT2D eigenvalue weighted by Gasteiger charge is 2.51. The molecule has 0 unspecified atom stereocenters. The van der Waals surface area contributed by atoms with Crippen LogP contribution in [0.1, 0.15) is 25.5 Å². The summed E-state index contributed by atoms with van der Waals surface area (Å²) < 4.78 is 15.8. The van der Waals surface area contributed by atoms with Gasteiger partial charge in [0.05, 0.1) is 0 Å². The van der Waals surface area contributed by atoms with E-state index in [0.29, 0.717) is 11.5 Å². The lowest BCUT2D eigenvalue weighted by atomic mass is 9.86. The second-order valence-electron chi connectivity index (χ2n) is 4.87. The summed E-state index contributed by atoms with van der Waals surface area (Å²) in [6.45, 7) is 3.48. The Kier molecular flexibility index (Phi) is 2.28. The fourth-order valence-corrected chi connectivity index (χ4v) is 2.26. The topological polar surface area (TPSA) is 65.0 Å². The predicted molar refractivity (Wildman–Crippen MR) is 61.2 cm³/mol. The highest BCUT2D eigenvalue weighted by molar-refractivity contribution is 5.81. The van der Waals surface area contributed by atoms with Gasteiger partial charge in [-0.05, 0) is 24.6 Å². The SMILES string of the molecule is C[C@H]1[C@H](c2ccc3c(c2)OCO3)OC(=O)[C@@]1(C)O. The molecule has 1 N–H and O–H groups in total. The highest BCUT2D eigenvalue weighted by Crippen LogP contribution is 2.44. The fourth-order valence-electron chi connectivity index (χ4n) is 2.26. The normalized spacial score (nSPS) is 33.6. The Morgan fingerprint density at radius 3 is 2.72 bits per heavy atom. The number of hydrogen-bond acceptors (Lipinski definition) is 5. The zero-order valence-electron chi connectivity index (χ0n) is 10.2. The van der Waals surface area contributed by atoms with Crippen molar-refractivity contribution >= 4 is 5.97 Å². The standard InChI is InChI=1S/C13H14O5/c1-7-11(18-12(14)13(7,2)15)8-3-4-9-10(5-8)17-6-16-9/h3-5,7,11,15H,6H2,1-2H3/t7-,11+,13-/m0/s1. The molecule has 0 bridgehead atoms. The summed E-state index contributed by atoms with van der Waals surface area (Å²) in [5.41, 5.74) is -0.640. The lowest BCUT2D eigenvalue weighted by molar-refractivity contribution is -0.154. The third kappa shape index (κ3) is 1.47. The minimum atomic E-state index is -1.44. The summed E-state index contributed by atoms with van der Waals surface area (Å²) in [6, 6.07) is 5.40. The number of hydrogen-bond donors (Lipinski definition) is 1. The first-order valence-corrected chi connectivity index (χ1v) is 5.83. The van der Waals surface area contributed by atoms with Crippen LogP contribution in [0.5, 0.6) is 11.5 Å². The number of esters is 1. The molecular weight excluding hydrogens is 236 g/mol. The van der Waals surface area contributed by atoms with Crippen LogP contribution in [0.25, 0.3) is 0 Å². The van der Waals surface area contributed by atoms with Gasteiger partial charge in [-0.2, -0.15) is 0 Å². The van der Waals surface area contributed by atoms with Gasteiger partial charge in [-0.15, -0.1) is 0 Å². The van der Waals surface area contributed by atoms with Crippen molar-refractivity contribution in [1.82, 2.24) is 0 Å². The van der Waals surface area contributed by atoms with Crippen LogP contribution in [0.2, 0.25) is 0 Å². The average Bonchev–Trinajstić information content (AvgIpc) is 2.87. The van der Waals surface area contributed by atoms with Crippen LogP contribution in [0, 0.1) is 5.92 Å². The van der Waals surface area contributed by atoms with E-state index in [1.54, 1.807) is 19.1 Å². The molecule has 2 aliphatic rings. The van der Waals surface area contributed by atoms with E-state index in [9.17, 15) is 9.90 Å². The molecule has 5 nitrogen and oxygen atoms in total. The minimum Gasteiger partial charge on any atom is -0.455 e. The van der Waals surface area contributed by atoms with Crippen LogP contribution in [-0.2, 0) is 9.53 Å². The monoisotopic (exact) mass is 250 g/mol. The van der Waals surface area contributed by atoms with Gasteiger partial charge >= 0.3 is 5.97 Å². The third-order valence-corrected chi connectivity index (χ3v) is 3.71. The largest absolute Gasteiger partial charge is 0.455 e. The van der Waals surface area contributed by atoms with Gasteiger partial charge in [0.15, 0.2) is 17.1 Å². The molecule has 0 saturated carbocycles. The van der Waals surface area contributed by atoms with Crippen LogP contribution < -0.4 is 9.47 Å². The van der Waals surface area contributed by atoms with E-state index in [1.807, 2.05) is 6.07 Å². The Morgan fingerprint density at radius 2 is 2.06 bits per heavy atom. The van der Waals surface area contributed by atoms with E-state index < -0.39 is 17.7 Å². The predicted octanol–water partition coefficient (Wildman–Crippen LogP) is 1.40. The molecule has 0 aliphatic carbocycles. The Bertz CT molecular complexity index is 508. The van der Waals surface area contributed by atoms with E-state index in [-0.39, 0.29) is 12.7 Å². The van der Waals surface area contributed by atoms with Gasteiger partial charge in [0.2, 0.25) is 6.79 Å². The summed E-state index contributed by atoms with van der Waals surface area (Å²) in [4.78, 5) is 11.6. The second kappa shape index (κ2) is 3.62. The van der Waals surface area contributed by atoms with E-state index in [2.05, 4.69) is 0 Å². The van der Waals surface area contributed by atoms with Gasteiger partial charge in [-0.3, -0.25) is 0 Å². The van der Waals surface area contributed by atoms with Crippen LogP contribution in [0.3, 0.4) is 0 Å². The number of cyclic esters (lactones) is 1. The number of carbonyl (C=O) groups excluding carboxylic acids is 1. The molecule has 1 aromatic rings. The molecule has 5 heteroatoms. The molecule has 2 heterocycles. The number of carbonyl (C=O) groups is 1. The maximum Gasteiger partial charge on any atom is 0.338 e. The molecular formula is C13H14O5. The van der Waals surface area contributed by atoms with Gasteiger partial charge in [0.1, 0.15) is 6.10 Å². The highest BCUT2D eigenvalue weighted by atomic mass is 16.7. The zero-order valence-corrected chi connectivity index (χ0v) is 10.2. The van der Waals surface area contributed by atoms with Crippen molar-refractivity contribution < 1.29 is 24.1 Å². The number of fused-ring (bicyclic) bond motifs is 1. The summed E-state index contributed by atoms with van der Waals surface area (Å²) in [5.74, 6) is 0.424. The molecule has 2 aliphatic heterocycles. The fraction of sp³-hybridized carbons (Fsp3) is 0.462. The molecule has 3 rings (SSSR count). The van der Waals surface area contributed by atoms with Gasteiger partial charge in [-0.1, -0.05) is 13.0 Å². The van der Waals surface area contributed by atoms with Crippen molar-refractivity contribution in [3.63, 3.8) is 0 Å². The summed E-state index contributed by atoms with van der Waals surface area (Å²) in [6.07, 6.45) is -0.456. The summed E-state index contributed by atoms with van der Waals surface area (Å²) in [5, 5.41) is 10.0. The van der Waals surface area contributed by atoms with Crippen LogP contribution in [0.4, 0.5) is 0 Å². The maximum absolute atomic E-state index is 11.6. The third-order valence-electron chi connectivity index (χ3n) is 3.71. The molecule has 0 spiro atoms. The molecule has 0 amide bonds. The smallest absolute Gasteiger partial charge is 0.338 e. The van der Waals surface area contributed by atoms with Crippen molar-refractivity contribution in [1.29, 1.82) is 0 Å². The van der Waals surface area contributed by atoms with Crippen LogP contribution in [-0.4, -0.2) is 23.5 Å². The van der Waals surface area contributed by atoms with Crippen molar-refractivity contribution in [2.24, 2.45) is 5.92 Å². The minimum absolute atomic E-state index is 0.205. The van der Waals surface area contributed by atoms with Gasteiger partial charge in [0, 0.05) is 5.92 Å². The first-order valence-electron chi connectivity index (χ1n) is 5.83. The van der Waals surface area contributed by atoms with E-state index >= 15 is 0 Å². The van der Waals surface area contributed by atoms with Gasteiger partial charge in [0.25, 0.3) is 0 Å². The molecule has 1 aromatic carbocycles. The lowest BCUT2D eigenvalue weighted by Gasteiger charge is -2.20. The molecule has 18 heavy (non-hydrogen) atoms. The average molecular weight is 250 g/mol. The van der Waals surface area contributed by atoms with Crippen LogP contribution >= 0.6 is 0 Å². The number of benzene rings is 1. The van der Waals surface area contributed by atoms with E-state index in [0.717, 1.165) is 5.56 Å². The van der Waals surface area contributed by atoms with Crippen LogP contribution in [0.15, 0.2) is 18.2 Å². The maximum atomic E-state index is 11.6. The molecule has 1 saturated heterocycles. The molecule has 0 radical (unpaired) electrons. The Hall–Kier alpha value is -1.75. The first kappa shape index (κ1) is 11.3. The first-order chi connectivity index (χ1) is 8.50. The van der Waals surface area contributed by atoms with Crippen molar-refractivity contribution in [3.05, 3.63) is 23.8 Å². The molecule has 3 atom stereocenters. The number of rotatable bonds is 1. The van der Waals surface area contributed by atoms with E-state index in [1.165, 1.54) is 6.92 Å². The van der Waals surface area contributed by atoms with Crippen molar-refractivity contribution in [2.75, 3.05) is 6.79 Å². The van der Waals surface area contributed by atoms with Gasteiger partial charge < -0.3 is 19.3 Å². The summed E-state index contributed by atoms with van der Waals surface area (Å²) >= 11 is 0. The quantitative estimate of drug-likeness (QED) is 0.763. The Labute approximate surface area is 104 Å². The number of ether oxygens (including phenoxy) is 3. The Morgan fingerprint density at radius 1 is 1.33 bits per heavy atom. The summed E-state index contributed by atoms with van der Waals surface area (Å²) in [7, 11) is 0. The van der Waals surface area contributed by atoms with Gasteiger partial charge in [-0.25, -0.2) is 4.79 Å². The lowest BCUT2D eigenvalue weighted by Crippen LogP contribution is -2.35. The molecule has 0 aromatic heterocycles. The Balaban J connectivity index is 1.95. The molecule has 96 valence electrons. The second-order valence-corrected chi connectivity index (χ2v) is 4.87. The molecule has 1 fully saturated rings. The zero-order chi connectivity index (χ0) is 12.9. The number of aliphatic hydroxyl groups is 1. The van der Waals surface area contributed by atoms with E-state index in [4.69, 9.17) is 14.2 Å².